The van der Waals surface area contributed by atoms with Gasteiger partial charge in [-0.15, -0.1) is 0 Å². The highest BCUT2D eigenvalue weighted by atomic mass is 16.2. The molecule has 0 atom stereocenters. The Hall–Kier alpha value is -1.55. The SMILES string of the molecule is Cc1ccc(CCNC(=O)N2CCN(CC3CCC3)CC2)cc1. The smallest absolute Gasteiger partial charge is 0.317 e. The maximum Gasteiger partial charge on any atom is 0.317 e. The van der Waals surface area contributed by atoms with E-state index in [9.17, 15) is 4.79 Å². The molecule has 2 aliphatic rings. The molecule has 1 heterocycles. The van der Waals surface area contributed by atoms with Crippen LogP contribution in [0.25, 0.3) is 0 Å². The van der Waals surface area contributed by atoms with Crippen LogP contribution in [0.4, 0.5) is 4.79 Å². The van der Waals surface area contributed by atoms with Gasteiger partial charge in [0, 0.05) is 39.3 Å². The third kappa shape index (κ3) is 4.71. The fourth-order valence-corrected chi connectivity index (χ4v) is 3.35. The van der Waals surface area contributed by atoms with Crippen LogP contribution < -0.4 is 5.32 Å². The second-order valence-electron chi connectivity index (χ2n) is 7.05. The molecule has 0 unspecified atom stereocenters. The minimum Gasteiger partial charge on any atom is -0.338 e. The summed E-state index contributed by atoms with van der Waals surface area (Å²) in [5, 5.41) is 3.06. The standard InChI is InChI=1S/C19H29N3O/c1-16-5-7-17(8-6-16)9-10-20-19(23)22-13-11-21(12-14-22)15-18-3-2-4-18/h5-8,18H,2-4,9-15H2,1H3,(H,20,23). The van der Waals surface area contributed by atoms with Crippen molar-refractivity contribution in [1.82, 2.24) is 15.1 Å². The number of piperazine rings is 1. The van der Waals surface area contributed by atoms with Gasteiger partial charge in [0.2, 0.25) is 0 Å². The number of amides is 2. The first-order valence-electron chi connectivity index (χ1n) is 9.01. The van der Waals surface area contributed by atoms with E-state index in [1.165, 1.54) is 36.9 Å². The zero-order chi connectivity index (χ0) is 16.1. The second-order valence-corrected chi connectivity index (χ2v) is 7.05. The number of aryl methyl sites for hydroxylation is 1. The molecule has 1 aliphatic heterocycles. The highest BCUT2D eigenvalue weighted by molar-refractivity contribution is 5.74. The van der Waals surface area contributed by atoms with Gasteiger partial charge in [-0.2, -0.15) is 0 Å². The van der Waals surface area contributed by atoms with E-state index < -0.39 is 0 Å². The van der Waals surface area contributed by atoms with Gasteiger partial charge in [0.05, 0.1) is 0 Å². The largest absolute Gasteiger partial charge is 0.338 e. The number of nitrogens with one attached hydrogen (secondary N) is 1. The minimum atomic E-state index is 0.0976. The normalized spacial score (nSPS) is 19.4. The van der Waals surface area contributed by atoms with E-state index >= 15 is 0 Å². The molecule has 0 bridgehead atoms. The van der Waals surface area contributed by atoms with Gasteiger partial charge < -0.3 is 10.2 Å². The van der Waals surface area contributed by atoms with Crippen LogP contribution in [-0.4, -0.2) is 55.1 Å². The Balaban J connectivity index is 1.33. The first-order chi connectivity index (χ1) is 11.2. The van der Waals surface area contributed by atoms with Crippen LogP contribution >= 0.6 is 0 Å². The number of carbonyl (C=O) groups is 1. The fourth-order valence-electron chi connectivity index (χ4n) is 3.35. The van der Waals surface area contributed by atoms with Crippen LogP contribution in [0, 0.1) is 12.8 Å². The van der Waals surface area contributed by atoms with Crippen molar-refractivity contribution in [3.05, 3.63) is 35.4 Å². The van der Waals surface area contributed by atoms with Gasteiger partial charge in [0.15, 0.2) is 0 Å². The number of urea groups is 1. The molecule has 0 aromatic heterocycles. The summed E-state index contributed by atoms with van der Waals surface area (Å²) in [5.41, 5.74) is 2.55. The zero-order valence-corrected chi connectivity index (χ0v) is 14.3. The van der Waals surface area contributed by atoms with Gasteiger partial charge in [-0.05, 0) is 37.7 Å². The van der Waals surface area contributed by atoms with E-state index in [0.29, 0.717) is 6.54 Å². The molecule has 4 nitrogen and oxygen atoms in total. The summed E-state index contributed by atoms with van der Waals surface area (Å²) >= 11 is 0. The Morgan fingerprint density at radius 1 is 1.13 bits per heavy atom. The van der Waals surface area contributed by atoms with Crippen LogP contribution in [0.15, 0.2) is 24.3 Å². The molecule has 1 aromatic rings. The zero-order valence-electron chi connectivity index (χ0n) is 14.3. The van der Waals surface area contributed by atoms with E-state index in [4.69, 9.17) is 0 Å². The Morgan fingerprint density at radius 3 is 2.43 bits per heavy atom. The number of hydrogen-bond donors (Lipinski definition) is 1. The van der Waals surface area contributed by atoms with Gasteiger partial charge in [0.25, 0.3) is 0 Å². The van der Waals surface area contributed by atoms with E-state index in [-0.39, 0.29) is 6.03 Å². The Bertz CT molecular complexity index is 502. The predicted octanol–water partition coefficient (Wildman–Crippen LogP) is 2.66. The van der Waals surface area contributed by atoms with Gasteiger partial charge in [0.1, 0.15) is 0 Å². The number of benzene rings is 1. The average molecular weight is 315 g/mol. The van der Waals surface area contributed by atoms with E-state index in [2.05, 4.69) is 41.4 Å². The molecular formula is C19H29N3O. The number of hydrogen-bond acceptors (Lipinski definition) is 2. The number of carbonyl (C=O) groups excluding carboxylic acids is 1. The van der Waals surface area contributed by atoms with Crippen molar-refractivity contribution in [2.45, 2.75) is 32.6 Å². The van der Waals surface area contributed by atoms with Crippen LogP contribution in [0.1, 0.15) is 30.4 Å². The van der Waals surface area contributed by atoms with Crippen molar-refractivity contribution in [2.75, 3.05) is 39.3 Å². The monoisotopic (exact) mass is 315 g/mol. The summed E-state index contributed by atoms with van der Waals surface area (Å²) < 4.78 is 0. The van der Waals surface area contributed by atoms with Crippen molar-refractivity contribution in [2.24, 2.45) is 5.92 Å². The molecule has 1 saturated heterocycles. The molecule has 3 rings (SSSR count). The van der Waals surface area contributed by atoms with Crippen LogP contribution in [-0.2, 0) is 6.42 Å². The summed E-state index contributed by atoms with van der Waals surface area (Å²) in [6, 6.07) is 8.62. The lowest BCUT2D eigenvalue weighted by atomic mass is 9.85. The van der Waals surface area contributed by atoms with Crippen molar-refractivity contribution in [1.29, 1.82) is 0 Å². The summed E-state index contributed by atoms with van der Waals surface area (Å²) in [5.74, 6) is 0.921. The first-order valence-corrected chi connectivity index (χ1v) is 9.01. The Morgan fingerprint density at radius 2 is 1.83 bits per heavy atom. The number of nitrogens with zero attached hydrogens (tertiary/aromatic N) is 2. The first kappa shape index (κ1) is 16.3. The molecule has 1 saturated carbocycles. The highest BCUT2D eigenvalue weighted by Crippen LogP contribution is 2.27. The van der Waals surface area contributed by atoms with Gasteiger partial charge in [-0.1, -0.05) is 36.2 Å². The molecule has 1 aromatic carbocycles. The quantitative estimate of drug-likeness (QED) is 0.907. The highest BCUT2D eigenvalue weighted by Gasteiger charge is 2.25. The van der Waals surface area contributed by atoms with E-state index in [1.54, 1.807) is 0 Å². The summed E-state index contributed by atoms with van der Waals surface area (Å²) in [6.45, 7) is 7.83. The fraction of sp³-hybridized carbons (Fsp3) is 0.632. The molecule has 1 N–H and O–H groups in total. The Kier molecular flexibility index (Phi) is 5.55. The predicted molar refractivity (Wildman–Crippen MR) is 93.6 cm³/mol. The lowest BCUT2D eigenvalue weighted by Crippen LogP contribution is -2.53. The average Bonchev–Trinajstić information content (AvgIpc) is 2.53. The minimum absolute atomic E-state index is 0.0976. The molecule has 2 amide bonds. The molecule has 23 heavy (non-hydrogen) atoms. The second kappa shape index (κ2) is 7.82. The third-order valence-electron chi connectivity index (χ3n) is 5.21. The molecule has 4 heteroatoms. The van der Waals surface area contributed by atoms with Crippen molar-refractivity contribution in [3.63, 3.8) is 0 Å². The summed E-state index contributed by atoms with van der Waals surface area (Å²) in [6.07, 6.45) is 5.11. The summed E-state index contributed by atoms with van der Waals surface area (Å²) in [4.78, 5) is 16.7. The Labute approximate surface area is 139 Å². The topological polar surface area (TPSA) is 35.6 Å². The maximum absolute atomic E-state index is 12.2. The van der Waals surface area contributed by atoms with Crippen molar-refractivity contribution < 1.29 is 4.79 Å². The number of rotatable bonds is 5. The molecule has 1 aliphatic carbocycles. The molecular weight excluding hydrogens is 286 g/mol. The van der Waals surface area contributed by atoms with Crippen molar-refractivity contribution >= 4 is 6.03 Å². The van der Waals surface area contributed by atoms with Gasteiger partial charge in [-0.3, -0.25) is 4.90 Å². The van der Waals surface area contributed by atoms with E-state index in [1.807, 2.05) is 4.90 Å². The lowest BCUT2D eigenvalue weighted by molar-refractivity contribution is 0.111. The van der Waals surface area contributed by atoms with Crippen LogP contribution in [0.5, 0.6) is 0 Å². The molecule has 0 radical (unpaired) electrons. The van der Waals surface area contributed by atoms with Crippen LogP contribution in [0.2, 0.25) is 0 Å². The van der Waals surface area contributed by atoms with Crippen LogP contribution in [0.3, 0.4) is 0 Å². The lowest BCUT2D eigenvalue weighted by Gasteiger charge is -2.38. The van der Waals surface area contributed by atoms with Gasteiger partial charge >= 0.3 is 6.03 Å². The molecule has 126 valence electrons. The summed E-state index contributed by atoms with van der Waals surface area (Å²) in [7, 11) is 0. The van der Waals surface area contributed by atoms with Crippen molar-refractivity contribution in [3.8, 4) is 0 Å². The van der Waals surface area contributed by atoms with Gasteiger partial charge in [-0.25, -0.2) is 4.79 Å². The molecule has 2 fully saturated rings. The third-order valence-corrected chi connectivity index (χ3v) is 5.21. The maximum atomic E-state index is 12.2. The van der Waals surface area contributed by atoms with E-state index in [0.717, 1.165) is 38.5 Å². The molecule has 0 spiro atoms.